The van der Waals surface area contributed by atoms with Crippen molar-refractivity contribution in [2.24, 2.45) is 5.16 Å². The highest BCUT2D eigenvalue weighted by Gasteiger charge is 2.06. The van der Waals surface area contributed by atoms with E-state index in [2.05, 4.69) is 5.16 Å². The Balaban J connectivity index is 1.90. The highest BCUT2D eigenvalue weighted by atomic mass is 16.5. The Hall–Kier alpha value is -2.69. The van der Waals surface area contributed by atoms with Crippen LogP contribution in [0.1, 0.15) is 18.1 Å². The minimum atomic E-state index is 0.404. The molecule has 2 rings (SSSR count). The Kier molecular flexibility index (Phi) is 6.29. The second kappa shape index (κ2) is 8.68. The summed E-state index contributed by atoms with van der Waals surface area (Å²) < 4.78 is 16.9. The van der Waals surface area contributed by atoms with Gasteiger partial charge in [-0.2, -0.15) is 0 Å². The minimum absolute atomic E-state index is 0.404. The summed E-state index contributed by atoms with van der Waals surface area (Å²) in [5.41, 5.74) is 1.93. The molecule has 0 atom stereocenters. The van der Waals surface area contributed by atoms with Gasteiger partial charge in [0.15, 0.2) is 11.5 Å². The van der Waals surface area contributed by atoms with E-state index >= 15 is 0 Å². The minimum Gasteiger partial charge on any atom is -0.490 e. The van der Waals surface area contributed by atoms with Gasteiger partial charge in [0.2, 0.25) is 0 Å². The first kappa shape index (κ1) is 16.7. The van der Waals surface area contributed by atoms with Gasteiger partial charge in [-0.15, -0.1) is 0 Å². The Labute approximate surface area is 136 Å². The van der Waals surface area contributed by atoms with Crippen molar-refractivity contribution < 1.29 is 19.4 Å². The molecule has 2 aromatic rings. The van der Waals surface area contributed by atoms with Gasteiger partial charge in [-0.05, 0) is 44.2 Å². The SMILES string of the molecule is CCOc1cc(/C=N/O)ccc1OCCOc1ccc(C)cc1. The van der Waals surface area contributed by atoms with Gasteiger partial charge < -0.3 is 19.4 Å². The zero-order chi connectivity index (χ0) is 16.5. The van der Waals surface area contributed by atoms with Crippen LogP contribution in [0, 0.1) is 6.92 Å². The van der Waals surface area contributed by atoms with E-state index in [1.165, 1.54) is 11.8 Å². The molecule has 0 aliphatic heterocycles. The van der Waals surface area contributed by atoms with Crippen molar-refractivity contribution in [3.63, 3.8) is 0 Å². The third-order valence-corrected chi connectivity index (χ3v) is 3.11. The predicted octanol–water partition coefficient (Wildman–Crippen LogP) is 3.66. The Morgan fingerprint density at radius 3 is 2.39 bits per heavy atom. The molecule has 0 saturated carbocycles. The molecule has 122 valence electrons. The first-order chi connectivity index (χ1) is 11.2. The van der Waals surface area contributed by atoms with Gasteiger partial charge in [-0.25, -0.2) is 0 Å². The fourth-order valence-electron chi connectivity index (χ4n) is 2.00. The van der Waals surface area contributed by atoms with Crippen molar-refractivity contribution in [3.8, 4) is 17.2 Å². The lowest BCUT2D eigenvalue weighted by Gasteiger charge is -2.13. The molecule has 0 radical (unpaired) electrons. The average molecular weight is 315 g/mol. The lowest BCUT2D eigenvalue weighted by molar-refractivity contribution is 0.208. The fraction of sp³-hybridized carbons (Fsp3) is 0.278. The first-order valence-electron chi connectivity index (χ1n) is 7.49. The molecule has 5 nitrogen and oxygen atoms in total. The van der Waals surface area contributed by atoms with Crippen molar-refractivity contribution in [1.29, 1.82) is 0 Å². The predicted molar refractivity (Wildman–Crippen MR) is 89.2 cm³/mol. The van der Waals surface area contributed by atoms with Crippen LogP contribution in [0.5, 0.6) is 17.2 Å². The monoisotopic (exact) mass is 315 g/mol. The van der Waals surface area contributed by atoms with E-state index in [1.807, 2.05) is 38.1 Å². The van der Waals surface area contributed by atoms with Crippen molar-refractivity contribution >= 4 is 6.21 Å². The second-order valence-electron chi connectivity index (χ2n) is 4.89. The lowest BCUT2D eigenvalue weighted by Crippen LogP contribution is -2.10. The van der Waals surface area contributed by atoms with Crippen LogP contribution in [0.3, 0.4) is 0 Å². The zero-order valence-corrected chi connectivity index (χ0v) is 13.4. The highest BCUT2D eigenvalue weighted by molar-refractivity contribution is 5.80. The topological polar surface area (TPSA) is 60.3 Å². The van der Waals surface area contributed by atoms with Crippen LogP contribution >= 0.6 is 0 Å². The number of oxime groups is 1. The Morgan fingerprint density at radius 2 is 1.70 bits per heavy atom. The zero-order valence-electron chi connectivity index (χ0n) is 13.4. The van der Waals surface area contributed by atoms with Crippen molar-refractivity contribution in [2.45, 2.75) is 13.8 Å². The summed E-state index contributed by atoms with van der Waals surface area (Å²) >= 11 is 0. The van der Waals surface area contributed by atoms with Crippen LogP contribution in [0.2, 0.25) is 0 Å². The van der Waals surface area contributed by atoms with Gasteiger partial charge in [0.25, 0.3) is 0 Å². The van der Waals surface area contributed by atoms with Gasteiger partial charge in [-0.3, -0.25) is 0 Å². The third-order valence-electron chi connectivity index (χ3n) is 3.11. The maximum Gasteiger partial charge on any atom is 0.161 e. The summed E-state index contributed by atoms with van der Waals surface area (Å²) in [5, 5.41) is 11.6. The lowest BCUT2D eigenvalue weighted by atomic mass is 10.2. The molecule has 0 bridgehead atoms. The standard InChI is InChI=1S/C18H21NO4/c1-3-21-18-12-15(13-19-20)6-9-17(18)23-11-10-22-16-7-4-14(2)5-8-16/h4-9,12-13,20H,3,10-11H2,1-2H3/b19-13+. The molecule has 5 heteroatoms. The van der Waals surface area contributed by atoms with Gasteiger partial charge in [0.1, 0.15) is 19.0 Å². The molecule has 0 aliphatic carbocycles. The summed E-state index contributed by atoms with van der Waals surface area (Å²) in [6.07, 6.45) is 1.34. The molecule has 0 fully saturated rings. The number of ether oxygens (including phenoxy) is 3. The van der Waals surface area contributed by atoms with Crippen LogP contribution < -0.4 is 14.2 Å². The summed E-state index contributed by atoms with van der Waals surface area (Å²) in [4.78, 5) is 0. The smallest absolute Gasteiger partial charge is 0.161 e. The van der Waals surface area contributed by atoms with Gasteiger partial charge >= 0.3 is 0 Å². The molecule has 0 heterocycles. The van der Waals surface area contributed by atoms with E-state index in [0.717, 1.165) is 11.3 Å². The van der Waals surface area contributed by atoms with Crippen molar-refractivity contribution in [3.05, 3.63) is 53.6 Å². The summed E-state index contributed by atoms with van der Waals surface area (Å²) in [6, 6.07) is 13.2. The number of hydrogen-bond acceptors (Lipinski definition) is 5. The molecule has 23 heavy (non-hydrogen) atoms. The van der Waals surface area contributed by atoms with Crippen LogP contribution in [0.4, 0.5) is 0 Å². The quantitative estimate of drug-likeness (QED) is 0.349. The van der Waals surface area contributed by atoms with Gasteiger partial charge in [0.05, 0.1) is 12.8 Å². The number of rotatable bonds is 8. The number of nitrogens with zero attached hydrogens (tertiary/aromatic N) is 1. The third kappa shape index (κ3) is 5.21. The fourth-order valence-corrected chi connectivity index (χ4v) is 2.00. The molecule has 0 aromatic heterocycles. The Bertz CT molecular complexity index is 638. The van der Waals surface area contributed by atoms with Crippen molar-refractivity contribution in [2.75, 3.05) is 19.8 Å². The molecule has 0 saturated heterocycles. The molecule has 2 aromatic carbocycles. The highest BCUT2D eigenvalue weighted by Crippen LogP contribution is 2.28. The molecule has 0 spiro atoms. The van der Waals surface area contributed by atoms with E-state index in [-0.39, 0.29) is 0 Å². The molecular formula is C18H21NO4. The van der Waals surface area contributed by atoms with E-state index in [4.69, 9.17) is 19.4 Å². The van der Waals surface area contributed by atoms with Crippen molar-refractivity contribution in [1.82, 2.24) is 0 Å². The van der Waals surface area contributed by atoms with Crippen LogP contribution in [-0.4, -0.2) is 31.2 Å². The summed E-state index contributed by atoms with van der Waals surface area (Å²) in [7, 11) is 0. The molecule has 1 N–H and O–H groups in total. The van der Waals surface area contributed by atoms with Crippen LogP contribution in [-0.2, 0) is 0 Å². The number of benzene rings is 2. The summed E-state index contributed by atoms with van der Waals surface area (Å²) in [5.74, 6) is 2.06. The van der Waals surface area contributed by atoms with Crippen LogP contribution in [0.15, 0.2) is 47.6 Å². The molecule has 0 aliphatic rings. The maximum absolute atomic E-state index is 8.59. The van der Waals surface area contributed by atoms with Gasteiger partial charge in [-0.1, -0.05) is 22.9 Å². The van der Waals surface area contributed by atoms with Crippen LogP contribution in [0.25, 0.3) is 0 Å². The number of aryl methyl sites for hydroxylation is 1. The number of hydrogen-bond donors (Lipinski definition) is 1. The molecule has 0 unspecified atom stereocenters. The Morgan fingerprint density at radius 1 is 0.957 bits per heavy atom. The average Bonchev–Trinajstić information content (AvgIpc) is 2.55. The van der Waals surface area contributed by atoms with E-state index in [0.29, 0.717) is 31.3 Å². The van der Waals surface area contributed by atoms with E-state index in [9.17, 15) is 0 Å². The largest absolute Gasteiger partial charge is 0.490 e. The second-order valence-corrected chi connectivity index (χ2v) is 4.89. The van der Waals surface area contributed by atoms with E-state index in [1.54, 1.807) is 18.2 Å². The maximum atomic E-state index is 8.59. The van der Waals surface area contributed by atoms with Gasteiger partial charge in [0, 0.05) is 5.56 Å². The normalized spacial score (nSPS) is 10.7. The first-order valence-corrected chi connectivity index (χ1v) is 7.49. The molecular weight excluding hydrogens is 294 g/mol. The van der Waals surface area contributed by atoms with E-state index < -0.39 is 0 Å². The summed E-state index contributed by atoms with van der Waals surface area (Å²) in [6.45, 7) is 5.30. The molecule has 0 amide bonds.